The number of phenolic OH excluding ortho intramolecular Hbond substituents is 1. The second kappa shape index (κ2) is 4.24. The molecule has 6 heteroatoms. The van der Waals surface area contributed by atoms with Crippen LogP contribution in [-0.2, 0) is 0 Å². The molecule has 3 aromatic heterocycles. The summed E-state index contributed by atoms with van der Waals surface area (Å²) in [6.07, 6.45) is 3.54. The van der Waals surface area contributed by atoms with Gasteiger partial charge in [0.05, 0.1) is 24.4 Å². The Hall–Kier alpha value is -3.02. The summed E-state index contributed by atoms with van der Waals surface area (Å²) in [6.45, 7) is 0. The van der Waals surface area contributed by atoms with E-state index in [1.165, 1.54) is 0 Å². The van der Waals surface area contributed by atoms with Gasteiger partial charge in [-0.25, -0.2) is 9.97 Å². The number of H-pyrrole nitrogens is 2. The Labute approximate surface area is 119 Å². The number of fused-ring (bicyclic) bond motifs is 3. The number of aromatic hydroxyl groups is 1. The normalized spacial score (nSPS) is 11.3. The zero-order valence-electron chi connectivity index (χ0n) is 11.2. The van der Waals surface area contributed by atoms with E-state index in [4.69, 9.17) is 4.74 Å². The van der Waals surface area contributed by atoms with Crippen LogP contribution < -0.4 is 4.74 Å². The number of imidazole rings is 1. The number of pyridine rings is 1. The van der Waals surface area contributed by atoms with Crippen molar-refractivity contribution in [1.82, 2.24) is 19.9 Å². The van der Waals surface area contributed by atoms with E-state index in [1.807, 2.05) is 12.3 Å². The van der Waals surface area contributed by atoms with Crippen molar-refractivity contribution in [3.05, 3.63) is 36.7 Å². The minimum absolute atomic E-state index is 0.117. The first-order chi connectivity index (χ1) is 10.3. The van der Waals surface area contributed by atoms with Gasteiger partial charge in [0.2, 0.25) is 0 Å². The predicted octanol–water partition coefficient (Wildman–Crippen LogP) is 2.82. The third-order valence-electron chi connectivity index (χ3n) is 3.50. The van der Waals surface area contributed by atoms with Crippen LogP contribution in [-0.4, -0.2) is 32.2 Å². The number of nitrogens with zero attached hydrogens (tertiary/aromatic N) is 2. The van der Waals surface area contributed by atoms with Crippen LogP contribution in [0.1, 0.15) is 0 Å². The Morgan fingerprint density at radius 1 is 1.24 bits per heavy atom. The molecule has 3 heterocycles. The highest BCUT2D eigenvalue weighted by Crippen LogP contribution is 2.32. The second-order valence-electron chi connectivity index (χ2n) is 4.73. The van der Waals surface area contributed by atoms with Crippen LogP contribution in [0.5, 0.6) is 11.5 Å². The summed E-state index contributed by atoms with van der Waals surface area (Å²) in [5.74, 6) is 1.31. The molecule has 0 saturated heterocycles. The fourth-order valence-corrected chi connectivity index (χ4v) is 2.45. The van der Waals surface area contributed by atoms with Gasteiger partial charge in [-0.3, -0.25) is 0 Å². The monoisotopic (exact) mass is 280 g/mol. The topological polar surface area (TPSA) is 86.8 Å². The first-order valence-corrected chi connectivity index (χ1v) is 6.45. The Balaban J connectivity index is 1.94. The average molecular weight is 280 g/mol. The molecule has 1 aromatic carbocycles. The minimum Gasteiger partial charge on any atom is -0.507 e. The number of phenols is 1. The number of hydrogen-bond acceptors (Lipinski definition) is 4. The van der Waals surface area contributed by atoms with Crippen molar-refractivity contribution >= 4 is 22.1 Å². The Bertz CT molecular complexity index is 955. The molecule has 4 aromatic rings. The van der Waals surface area contributed by atoms with Crippen LogP contribution in [0.2, 0.25) is 0 Å². The third kappa shape index (κ3) is 1.73. The van der Waals surface area contributed by atoms with Crippen molar-refractivity contribution in [2.75, 3.05) is 7.11 Å². The van der Waals surface area contributed by atoms with Gasteiger partial charge in [0.15, 0.2) is 0 Å². The van der Waals surface area contributed by atoms with Crippen LogP contribution in [0, 0.1) is 0 Å². The van der Waals surface area contributed by atoms with Gasteiger partial charge in [-0.2, -0.15) is 0 Å². The average Bonchev–Trinajstić information content (AvgIpc) is 3.12. The number of aromatic amines is 2. The van der Waals surface area contributed by atoms with E-state index >= 15 is 0 Å². The molecule has 6 nitrogen and oxygen atoms in total. The zero-order valence-corrected chi connectivity index (χ0v) is 11.2. The molecule has 3 N–H and O–H groups in total. The molecular formula is C15H12N4O2. The molecule has 4 rings (SSSR count). The molecule has 0 aliphatic carbocycles. The Kier molecular flexibility index (Phi) is 2.38. The zero-order chi connectivity index (χ0) is 14.4. The predicted molar refractivity (Wildman–Crippen MR) is 79.4 cm³/mol. The molecule has 0 unspecified atom stereocenters. The quantitative estimate of drug-likeness (QED) is 0.527. The molecule has 0 saturated carbocycles. The van der Waals surface area contributed by atoms with E-state index in [0.717, 1.165) is 22.1 Å². The summed E-state index contributed by atoms with van der Waals surface area (Å²) in [5, 5.41) is 11.1. The van der Waals surface area contributed by atoms with Gasteiger partial charge in [-0.15, -0.1) is 0 Å². The maximum atomic E-state index is 10.1. The number of methoxy groups -OCH3 is 1. The van der Waals surface area contributed by atoms with E-state index in [1.54, 1.807) is 31.5 Å². The minimum atomic E-state index is 0.117. The van der Waals surface area contributed by atoms with E-state index in [0.29, 0.717) is 17.1 Å². The van der Waals surface area contributed by atoms with Crippen LogP contribution >= 0.6 is 0 Å². The summed E-state index contributed by atoms with van der Waals surface area (Å²) in [5.41, 5.74) is 3.08. The number of nitrogens with one attached hydrogen (secondary N) is 2. The van der Waals surface area contributed by atoms with Crippen LogP contribution in [0.25, 0.3) is 33.5 Å². The molecule has 0 atom stereocenters. The summed E-state index contributed by atoms with van der Waals surface area (Å²) in [7, 11) is 1.56. The van der Waals surface area contributed by atoms with Crippen molar-refractivity contribution in [2.24, 2.45) is 0 Å². The van der Waals surface area contributed by atoms with Gasteiger partial charge < -0.3 is 19.8 Å². The van der Waals surface area contributed by atoms with Gasteiger partial charge in [0.25, 0.3) is 0 Å². The molecular weight excluding hydrogens is 268 g/mol. The van der Waals surface area contributed by atoms with Crippen molar-refractivity contribution < 1.29 is 9.84 Å². The van der Waals surface area contributed by atoms with Gasteiger partial charge in [0, 0.05) is 17.6 Å². The van der Waals surface area contributed by atoms with Crippen molar-refractivity contribution in [3.63, 3.8) is 0 Å². The van der Waals surface area contributed by atoms with Gasteiger partial charge >= 0.3 is 0 Å². The van der Waals surface area contributed by atoms with Gasteiger partial charge in [-0.1, -0.05) is 0 Å². The summed E-state index contributed by atoms with van der Waals surface area (Å²) in [6, 6.07) is 7.06. The van der Waals surface area contributed by atoms with Gasteiger partial charge in [0.1, 0.15) is 28.5 Å². The Morgan fingerprint density at radius 3 is 2.95 bits per heavy atom. The van der Waals surface area contributed by atoms with E-state index in [2.05, 4.69) is 19.9 Å². The number of ether oxygens (including phenoxy) is 1. The van der Waals surface area contributed by atoms with E-state index < -0.39 is 0 Å². The van der Waals surface area contributed by atoms with E-state index in [9.17, 15) is 5.11 Å². The van der Waals surface area contributed by atoms with Gasteiger partial charge in [-0.05, 0) is 18.2 Å². The number of benzene rings is 1. The fraction of sp³-hybridized carbons (Fsp3) is 0.0667. The summed E-state index contributed by atoms with van der Waals surface area (Å²) < 4.78 is 5.09. The van der Waals surface area contributed by atoms with Crippen molar-refractivity contribution in [3.8, 4) is 22.9 Å². The Morgan fingerprint density at radius 2 is 2.14 bits per heavy atom. The largest absolute Gasteiger partial charge is 0.507 e. The van der Waals surface area contributed by atoms with E-state index in [-0.39, 0.29) is 5.75 Å². The van der Waals surface area contributed by atoms with Crippen LogP contribution in [0.4, 0.5) is 0 Å². The molecule has 104 valence electrons. The van der Waals surface area contributed by atoms with Crippen LogP contribution in [0.15, 0.2) is 36.7 Å². The highest BCUT2D eigenvalue weighted by atomic mass is 16.5. The number of rotatable bonds is 2. The lowest BCUT2D eigenvalue weighted by atomic mass is 10.2. The number of aromatic nitrogens is 4. The molecule has 0 spiro atoms. The molecule has 0 fully saturated rings. The maximum absolute atomic E-state index is 10.1. The lowest BCUT2D eigenvalue weighted by Crippen LogP contribution is -1.85. The number of hydrogen-bond donors (Lipinski definition) is 3. The third-order valence-corrected chi connectivity index (χ3v) is 3.50. The first-order valence-electron chi connectivity index (χ1n) is 6.45. The molecule has 0 amide bonds. The lowest BCUT2D eigenvalue weighted by Gasteiger charge is -2.04. The van der Waals surface area contributed by atoms with Crippen molar-refractivity contribution in [1.29, 1.82) is 0 Å². The standard InChI is InChI=1S/C15H12N4O2/c1-21-8-2-3-9(12(20)6-8)15-18-11-7-17-14-10(4-5-16-14)13(11)19-15/h2-7,20H,1H3,(H,16,17)(H,18,19). The fourth-order valence-electron chi connectivity index (χ4n) is 2.45. The highest BCUT2D eigenvalue weighted by molar-refractivity contribution is 6.01. The summed E-state index contributed by atoms with van der Waals surface area (Å²) in [4.78, 5) is 15.1. The molecule has 0 aliphatic rings. The highest BCUT2D eigenvalue weighted by Gasteiger charge is 2.13. The molecule has 0 aliphatic heterocycles. The maximum Gasteiger partial charge on any atom is 0.142 e. The van der Waals surface area contributed by atoms with Crippen molar-refractivity contribution in [2.45, 2.75) is 0 Å². The molecule has 21 heavy (non-hydrogen) atoms. The molecule has 0 bridgehead atoms. The lowest BCUT2D eigenvalue weighted by molar-refractivity contribution is 0.408. The summed E-state index contributed by atoms with van der Waals surface area (Å²) >= 11 is 0. The van der Waals surface area contributed by atoms with Crippen LogP contribution in [0.3, 0.4) is 0 Å². The second-order valence-corrected chi connectivity index (χ2v) is 4.73. The SMILES string of the molecule is COc1ccc(-c2nc3cnc4[nH]ccc4c3[nH]2)c(O)c1. The smallest absolute Gasteiger partial charge is 0.142 e. The molecule has 0 radical (unpaired) electrons. The first kappa shape index (κ1) is 11.8.